The topological polar surface area (TPSA) is 35.2 Å². The van der Waals surface area contributed by atoms with Crippen molar-refractivity contribution in [2.24, 2.45) is 17.6 Å². The maximum atomic E-state index is 13.5. The van der Waals surface area contributed by atoms with Crippen LogP contribution in [-0.4, -0.2) is 20.3 Å². The molecule has 3 heteroatoms. The molecule has 2 N–H and O–H groups in total. The van der Waals surface area contributed by atoms with Crippen LogP contribution in [0.2, 0.25) is 0 Å². The van der Waals surface area contributed by atoms with Gasteiger partial charge in [-0.1, -0.05) is 25.1 Å². The first kappa shape index (κ1) is 14.1. The van der Waals surface area contributed by atoms with Crippen molar-refractivity contribution < 1.29 is 9.13 Å². The highest BCUT2D eigenvalue weighted by Crippen LogP contribution is 2.21. The Kier molecular flexibility index (Phi) is 6.16. The molecule has 2 nitrogen and oxygen atoms in total. The molecule has 1 aromatic carbocycles. The molecule has 0 saturated carbocycles. The Labute approximate surface area is 103 Å². The van der Waals surface area contributed by atoms with Gasteiger partial charge in [-0.25, -0.2) is 4.39 Å². The van der Waals surface area contributed by atoms with E-state index >= 15 is 0 Å². The van der Waals surface area contributed by atoms with Gasteiger partial charge in [0.05, 0.1) is 0 Å². The van der Waals surface area contributed by atoms with Crippen LogP contribution in [0.4, 0.5) is 4.39 Å². The Hall–Kier alpha value is -0.930. The lowest BCUT2D eigenvalue weighted by molar-refractivity contribution is 0.165. The molecule has 0 radical (unpaired) electrons. The molecule has 1 rings (SSSR count). The second-order valence-corrected chi connectivity index (χ2v) is 4.55. The van der Waals surface area contributed by atoms with E-state index in [0.717, 1.165) is 18.6 Å². The summed E-state index contributed by atoms with van der Waals surface area (Å²) in [6, 6.07) is 6.92. The standard InChI is InChI=1S/C14H22FNO/c1-11(7-8-17-2)13(10-16)9-12-5-3-4-6-14(12)15/h3-6,11,13H,7-10,16H2,1-2H3. The van der Waals surface area contributed by atoms with Crippen molar-refractivity contribution in [1.29, 1.82) is 0 Å². The third-order valence-corrected chi connectivity index (χ3v) is 3.32. The maximum absolute atomic E-state index is 13.5. The monoisotopic (exact) mass is 239 g/mol. The van der Waals surface area contributed by atoms with Crippen LogP contribution >= 0.6 is 0 Å². The highest BCUT2D eigenvalue weighted by molar-refractivity contribution is 5.18. The minimum atomic E-state index is -0.134. The van der Waals surface area contributed by atoms with Gasteiger partial charge in [0.15, 0.2) is 0 Å². The summed E-state index contributed by atoms with van der Waals surface area (Å²) < 4.78 is 18.6. The van der Waals surface area contributed by atoms with Crippen LogP contribution in [0.15, 0.2) is 24.3 Å². The average molecular weight is 239 g/mol. The molecule has 0 saturated heterocycles. The third kappa shape index (κ3) is 4.44. The first-order chi connectivity index (χ1) is 8.19. The normalized spacial score (nSPS) is 14.6. The molecule has 0 heterocycles. The lowest BCUT2D eigenvalue weighted by atomic mass is 9.86. The molecular weight excluding hydrogens is 217 g/mol. The van der Waals surface area contributed by atoms with E-state index in [4.69, 9.17) is 10.5 Å². The molecule has 1 aromatic rings. The highest BCUT2D eigenvalue weighted by Gasteiger charge is 2.17. The van der Waals surface area contributed by atoms with E-state index in [-0.39, 0.29) is 5.82 Å². The SMILES string of the molecule is COCCC(C)C(CN)Cc1ccccc1F. The Morgan fingerprint density at radius 1 is 1.35 bits per heavy atom. The zero-order valence-corrected chi connectivity index (χ0v) is 10.7. The number of ether oxygens (including phenoxy) is 1. The van der Waals surface area contributed by atoms with Crippen LogP contribution in [0.3, 0.4) is 0 Å². The van der Waals surface area contributed by atoms with E-state index in [0.29, 0.717) is 24.8 Å². The number of methoxy groups -OCH3 is 1. The van der Waals surface area contributed by atoms with Gasteiger partial charge in [0.2, 0.25) is 0 Å². The zero-order valence-electron chi connectivity index (χ0n) is 10.7. The van der Waals surface area contributed by atoms with Crippen LogP contribution in [-0.2, 0) is 11.2 Å². The van der Waals surface area contributed by atoms with E-state index in [1.807, 2.05) is 12.1 Å². The molecule has 2 atom stereocenters. The molecule has 0 aromatic heterocycles. The first-order valence-electron chi connectivity index (χ1n) is 6.11. The second-order valence-electron chi connectivity index (χ2n) is 4.55. The van der Waals surface area contributed by atoms with Gasteiger partial charge in [-0.3, -0.25) is 0 Å². The molecule has 0 aliphatic rings. The van der Waals surface area contributed by atoms with Crippen molar-refractivity contribution in [3.8, 4) is 0 Å². The predicted molar refractivity (Wildman–Crippen MR) is 68.3 cm³/mol. The number of rotatable bonds is 7. The summed E-state index contributed by atoms with van der Waals surface area (Å²) in [4.78, 5) is 0. The maximum Gasteiger partial charge on any atom is 0.126 e. The summed E-state index contributed by atoms with van der Waals surface area (Å²) in [5, 5.41) is 0. The molecule has 0 aliphatic heterocycles. The molecule has 2 unspecified atom stereocenters. The Bertz CT molecular complexity index is 330. The average Bonchev–Trinajstić information content (AvgIpc) is 2.35. The summed E-state index contributed by atoms with van der Waals surface area (Å²) >= 11 is 0. The number of nitrogens with two attached hydrogens (primary N) is 1. The van der Waals surface area contributed by atoms with Crippen LogP contribution in [0.1, 0.15) is 18.9 Å². The zero-order chi connectivity index (χ0) is 12.7. The van der Waals surface area contributed by atoms with Gasteiger partial charge in [-0.2, -0.15) is 0 Å². The smallest absolute Gasteiger partial charge is 0.126 e. The van der Waals surface area contributed by atoms with Crippen molar-refractivity contribution in [2.75, 3.05) is 20.3 Å². The third-order valence-electron chi connectivity index (χ3n) is 3.32. The molecule has 0 amide bonds. The molecule has 0 aliphatic carbocycles. The van der Waals surface area contributed by atoms with E-state index in [2.05, 4.69) is 6.92 Å². The van der Waals surface area contributed by atoms with Gasteiger partial charge in [0.1, 0.15) is 5.82 Å². The largest absolute Gasteiger partial charge is 0.385 e. The molecular formula is C14H22FNO. The molecule has 0 spiro atoms. The van der Waals surface area contributed by atoms with Crippen molar-refractivity contribution in [1.82, 2.24) is 0 Å². The molecule has 17 heavy (non-hydrogen) atoms. The second kappa shape index (κ2) is 7.41. The van der Waals surface area contributed by atoms with Gasteiger partial charge in [0, 0.05) is 13.7 Å². The van der Waals surface area contributed by atoms with Crippen LogP contribution in [0, 0.1) is 17.7 Å². The molecule has 0 fully saturated rings. The van der Waals surface area contributed by atoms with Gasteiger partial charge in [-0.15, -0.1) is 0 Å². The minimum Gasteiger partial charge on any atom is -0.385 e. The lowest BCUT2D eigenvalue weighted by Gasteiger charge is -2.22. The lowest BCUT2D eigenvalue weighted by Crippen LogP contribution is -2.25. The molecule has 96 valence electrons. The number of halogens is 1. The van der Waals surface area contributed by atoms with Crippen LogP contribution in [0.5, 0.6) is 0 Å². The van der Waals surface area contributed by atoms with E-state index in [1.54, 1.807) is 13.2 Å². The number of hydrogen-bond donors (Lipinski definition) is 1. The number of benzene rings is 1. The van der Waals surface area contributed by atoms with Gasteiger partial charge >= 0.3 is 0 Å². The summed E-state index contributed by atoms with van der Waals surface area (Å²) in [7, 11) is 1.70. The fourth-order valence-electron chi connectivity index (χ4n) is 2.00. The summed E-state index contributed by atoms with van der Waals surface area (Å²) in [5.41, 5.74) is 6.54. The van der Waals surface area contributed by atoms with E-state index in [9.17, 15) is 4.39 Å². The minimum absolute atomic E-state index is 0.134. The van der Waals surface area contributed by atoms with E-state index in [1.165, 1.54) is 6.07 Å². The number of hydrogen-bond acceptors (Lipinski definition) is 2. The summed E-state index contributed by atoms with van der Waals surface area (Å²) in [5.74, 6) is 0.617. The van der Waals surface area contributed by atoms with Crippen LogP contribution in [0.25, 0.3) is 0 Å². The van der Waals surface area contributed by atoms with Gasteiger partial charge in [-0.05, 0) is 42.9 Å². The highest BCUT2D eigenvalue weighted by atomic mass is 19.1. The van der Waals surface area contributed by atoms with Crippen molar-refractivity contribution >= 4 is 0 Å². The fraction of sp³-hybridized carbons (Fsp3) is 0.571. The Morgan fingerprint density at radius 3 is 2.65 bits per heavy atom. The van der Waals surface area contributed by atoms with Crippen LogP contribution < -0.4 is 5.73 Å². The first-order valence-corrected chi connectivity index (χ1v) is 6.11. The predicted octanol–water partition coefficient (Wildman–Crippen LogP) is 2.62. The molecule has 0 bridgehead atoms. The Balaban J connectivity index is 2.60. The van der Waals surface area contributed by atoms with Gasteiger partial charge < -0.3 is 10.5 Å². The van der Waals surface area contributed by atoms with Gasteiger partial charge in [0.25, 0.3) is 0 Å². The van der Waals surface area contributed by atoms with Crippen molar-refractivity contribution in [2.45, 2.75) is 19.8 Å². The summed E-state index contributed by atoms with van der Waals surface area (Å²) in [6.07, 6.45) is 1.67. The fourth-order valence-corrected chi connectivity index (χ4v) is 2.00. The Morgan fingerprint density at radius 2 is 2.06 bits per heavy atom. The van der Waals surface area contributed by atoms with Crippen molar-refractivity contribution in [3.63, 3.8) is 0 Å². The van der Waals surface area contributed by atoms with Crippen molar-refractivity contribution in [3.05, 3.63) is 35.6 Å². The quantitative estimate of drug-likeness (QED) is 0.794. The summed E-state index contributed by atoms with van der Waals surface area (Å²) in [6.45, 7) is 3.46. The van der Waals surface area contributed by atoms with E-state index < -0.39 is 0 Å².